The molecule has 0 amide bonds. The van der Waals surface area contributed by atoms with E-state index in [-0.39, 0.29) is 11.5 Å². The maximum absolute atomic E-state index is 14.4. The molecule has 2 aromatic carbocycles. The summed E-state index contributed by atoms with van der Waals surface area (Å²) in [5.41, 5.74) is 2.89. The van der Waals surface area contributed by atoms with E-state index >= 15 is 0 Å². The van der Waals surface area contributed by atoms with Crippen molar-refractivity contribution in [2.45, 2.75) is 18.9 Å². The van der Waals surface area contributed by atoms with E-state index in [1.165, 1.54) is 6.07 Å². The Balaban J connectivity index is 1.15. The van der Waals surface area contributed by atoms with Gasteiger partial charge in [0.25, 0.3) is 0 Å². The van der Waals surface area contributed by atoms with Crippen LogP contribution in [0.1, 0.15) is 12.8 Å². The molecule has 8 nitrogen and oxygen atoms in total. The Labute approximate surface area is 214 Å². The number of hydrogen-bond acceptors (Lipinski definition) is 8. The number of pyridine rings is 2. The normalized spacial score (nSPS) is 17.6. The molecule has 2 aliphatic rings. The summed E-state index contributed by atoms with van der Waals surface area (Å²) in [6.07, 6.45) is 5.36. The lowest BCUT2D eigenvalue weighted by Crippen LogP contribution is -2.53. The molecule has 192 valence electrons. The van der Waals surface area contributed by atoms with Crippen molar-refractivity contribution in [2.75, 3.05) is 56.2 Å². The zero-order valence-electron chi connectivity index (χ0n) is 20.8. The molecule has 0 aliphatic carbocycles. The molecule has 4 heterocycles. The molecule has 2 aliphatic heterocycles. The predicted octanol–water partition coefficient (Wildman–Crippen LogP) is 4.13. The molecule has 2 aromatic heterocycles. The number of piperazine rings is 1. The van der Waals surface area contributed by atoms with E-state index in [1.54, 1.807) is 31.6 Å². The van der Waals surface area contributed by atoms with Crippen LogP contribution in [-0.2, 0) is 0 Å². The minimum atomic E-state index is -0.621. The van der Waals surface area contributed by atoms with Gasteiger partial charge in [0, 0.05) is 74.5 Å². The van der Waals surface area contributed by atoms with Gasteiger partial charge in [0.05, 0.1) is 23.8 Å². The Bertz CT molecular complexity index is 1450. The van der Waals surface area contributed by atoms with Crippen molar-refractivity contribution in [1.82, 2.24) is 14.9 Å². The average molecular weight is 504 g/mol. The Morgan fingerprint density at radius 2 is 1.59 bits per heavy atom. The molecule has 9 heteroatoms. The lowest BCUT2D eigenvalue weighted by molar-refractivity contribution is 0.160. The van der Waals surface area contributed by atoms with Crippen LogP contribution in [-0.4, -0.2) is 77.5 Å². The minimum absolute atomic E-state index is 0.138. The van der Waals surface area contributed by atoms with Crippen LogP contribution in [0.3, 0.4) is 0 Å². The monoisotopic (exact) mass is 503 g/mol. The predicted molar refractivity (Wildman–Crippen MR) is 142 cm³/mol. The Morgan fingerprint density at radius 3 is 2.32 bits per heavy atom. The second-order valence-electron chi connectivity index (χ2n) is 9.72. The van der Waals surface area contributed by atoms with Crippen molar-refractivity contribution < 1.29 is 19.3 Å². The summed E-state index contributed by atoms with van der Waals surface area (Å²) in [6, 6.07) is 11.0. The first-order valence-electron chi connectivity index (χ1n) is 12.7. The second-order valence-corrected chi connectivity index (χ2v) is 9.72. The van der Waals surface area contributed by atoms with Gasteiger partial charge in [0.1, 0.15) is 5.69 Å². The molecule has 0 saturated carbocycles. The first kappa shape index (κ1) is 23.5. The number of anilines is 2. The molecule has 4 aromatic rings. The summed E-state index contributed by atoms with van der Waals surface area (Å²) in [5.74, 6) is -0.362. The number of piperidine rings is 1. The van der Waals surface area contributed by atoms with Crippen LogP contribution >= 0.6 is 0 Å². The molecule has 0 atom stereocenters. The van der Waals surface area contributed by atoms with Crippen molar-refractivity contribution in [3.05, 3.63) is 54.6 Å². The Kier molecular flexibility index (Phi) is 6.08. The van der Waals surface area contributed by atoms with E-state index in [1.807, 2.05) is 18.2 Å². The van der Waals surface area contributed by atoms with Gasteiger partial charge in [-0.3, -0.25) is 14.9 Å². The number of halogens is 1. The number of ether oxygens (including phenoxy) is 1. The zero-order valence-corrected chi connectivity index (χ0v) is 20.8. The SMILES string of the molecule is COc1cc2cccnc2c(N2CCN(C3CCN(c4cc(O)c(F)c5cccnc45)CC3)CC2)c1O. The lowest BCUT2D eigenvalue weighted by Gasteiger charge is -2.44. The van der Waals surface area contributed by atoms with Gasteiger partial charge >= 0.3 is 0 Å². The zero-order chi connectivity index (χ0) is 25.5. The molecule has 37 heavy (non-hydrogen) atoms. The van der Waals surface area contributed by atoms with Crippen LogP contribution in [0.5, 0.6) is 17.2 Å². The maximum atomic E-state index is 14.4. The number of rotatable bonds is 4. The molecule has 0 radical (unpaired) electrons. The van der Waals surface area contributed by atoms with Crippen LogP contribution < -0.4 is 14.5 Å². The summed E-state index contributed by atoms with van der Waals surface area (Å²) >= 11 is 0. The summed E-state index contributed by atoms with van der Waals surface area (Å²) in [7, 11) is 1.57. The molecule has 2 saturated heterocycles. The number of aromatic nitrogens is 2. The molecule has 0 bridgehead atoms. The van der Waals surface area contributed by atoms with Gasteiger partial charge in [-0.25, -0.2) is 4.39 Å². The summed E-state index contributed by atoms with van der Waals surface area (Å²) in [4.78, 5) is 15.9. The summed E-state index contributed by atoms with van der Waals surface area (Å²) in [6.45, 7) is 4.97. The number of phenols is 2. The van der Waals surface area contributed by atoms with Crippen molar-refractivity contribution in [1.29, 1.82) is 0 Å². The number of benzene rings is 2. The van der Waals surface area contributed by atoms with E-state index in [0.29, 0.717) is 22.7 Å². The quantitative estimate of drug-likeness (QED) is 0.430. The fourth-order valence-electron chi connectivity index (χ4n) is 5.84. The van der Waals surface area contributed by atoms with Crippen molar-refractivity contribution in [2.24, 2.45) is 0 Å². The van der Waals surface area contributed by atoms with Crippen LogP contribution in [0.4, 0.5) is 15.8 Å². The van der Waals surface area contributed by atoms with Crippen LogP contribution in [0, 0.1) is 5.82 Å². The van der Waals surface area contributed by atoms with Gasteiger partial charge in [-0.05, 0) is 37.1 Å². The van der Waals surface area contributed by atoms with Gasteiger partial charge in [-0.1, -0.05) is 6.07 Å². The fourth-order valence-corrected chi connectivity index (χ4v) is 5.84. The highest BCUT2D eigenvalue weighted by molar-refractivity contribution is 5.96. The molecular formula is C28H30FN5O3. The second kappa shape index (κ2) is 9.55. The van der Waals surface area contributed by atoms with E-state index < -0.39 is 5.82 Å². The number of phenolic OH excluding ortho intramolecular Hbond substituents is 2. The first-order valence-corrected chi connectivity index (χ1v) is 12.7. The number of nitrogens with zero attached hydrogens (tertiary/aromatic N) is 5. The summed E-state index contributed by atoms with van der Waals surface area (Å²) in [5, 5.41) is 22.4. The summed E-state index contributed by atoms with van der Waals surface area (Å²) < 4.78 is 19.8. The standard InChI is InChI=1S/C28H30FN5O3/c1-37-23-16-18-4-2-8-30-25(18)27(28(23)36)34-14-12-32(13-15-34)19-6-10-33(11-7-19)21-17-22(35)24(29)20-5-3-9-31-26(20)21/h2-5,8-9,16-17,19,35-36H,6-7,10-15H2,1H3. The van der Waals surface area contributed by atoms with Crippen molar-refractivity contribution in [3.8, 4) is 17.2 Å². The van der Waals surface area contributed by atoms with Gasteiger partial charge in [0.15, 0.2) is 23.1 Å². The van der Waals surface area contributed by atoms with E-state index in [4.69, 9.17) is 4.74 Å². The largest absolute Gasteiger partial charge is 0.505 e. The van der Waals surface area contributed by atoms with E-state index in [0.717, 1.165) is 74.4 Å². The third-order valence-corrected chi connectivity index (χ3v) is 7.76. The van der Waals surface area contributed by atoms with Crippen LogP contribution in [0.2, 0.25) is 0 Å². The average Bonchev–Trinajstić information content (AvgIpc) is 2.95. The topological polar surface area (TPSA) is 85.2 Å². The molecule has 2 fully saturated rings. The number of methoxy groups -OCH3 is 1. The smallest absolute Gasteiger partial charge is 0.183 e. The molecule has 6 rings (SSSR count). The highest BCUT2D eigenvalue weighted by atomic mass is 19.1. The van der Waals surface area contributed by atoms with Gasteiger partial charge in [-0.15, -0.1) is 0 Å². The van der Waals surface area contributed by atoms with Gasteiger partial charge in [0.2, 0.25) is 0 Å². The Hall–Kier alpha value is -3.85. The highest BCUT2D eigenvalue weighted by Gasteiger charge is 2.30. The van der Waals surface area contributed by atoms with Gasteiger partial charge < -0.3 is 24.7 Å². The van der Waals surface area contributed by atoms with Crippen molar-refractivity contribution >= 4 is 33.2 Å². The van der Waals surface area contributed by atoms with Crippen LogP contribution in [0.15, 0.2) is 48.8 Å². The van der Waals surface area contributed by atoms with Crippen LogP contribution in [0.25, 0.3) is 21.8 Å². The fraction of sp³-hybridized carbons (Fsp3) is 0.357. The maximum Gasteiger partial charge on any atom is 0.183 e. The van der Waals surface area contributed by atoms with Crippen molar-refractivity contribution in [3.63, 3.8) is 0 Å². The Morgan fingerprint density at radius 1 is 0.892 bits per heavy atom. The first-order chi connectivity index (χ1) is 18.0. The third-order valence-electron chi connectivity index (χ3n) is 7.76. The van der Waals surface area contributed by atoms with Gasteiger partial charge in [-0.2, -0.15) is 0 Å². The number of hydrogen-bond donors (Lipinski definition) is 2. The lowest BCUT2D eigenvalue weighted by atomic mass is 10.0. The molecule has 0 spiro atoms. The molecule has 0 unspecified atom stereocenters. The molecular weight excluding hydrogens is 473 g/mol. The minimum Gasteiger partial charge on any atom is -0.505 e. The third kappa shape index (κ3) is 4.13. The number of aromatic hydroxyl groups is 2. The van der Waals surface area contributed by atoms with E-state index in [2.05, 4.69) is 24.7 Å². The van der Waals surface area contributed by atoms with E-state index in [9.17, 15) is 14.6 Å². The molecule has 2 N–H and O–H groups in total. The number of fused-ring (bicyclic) bond motifs is 2. The highest BCUT2D eigenvalue weighted by Crippen LogP contribution is 2.42.